The Bertz CT molecular complexity index is 50.0. The molecule has 7 heavy (non-hydrogen) atoms. The molecule has 0 aromatic rings. The molecule has 0 aliphatic carbocycles. The molecule has 0 spiro atoms. The second-order valence-corrected chi connectivity index (χ2v) is 8.27. The molecule has 0 atom stereocenters. The number of hydrogen-bond acceptors (Lipinski definition) is 1. The van der Waals surface area contributed by atoms with Gasteiger partial charge < -0.3 is 0 Å². The van der Waals surface area contributed by atoms with Crippen LogP contribution in [-0.2, 0) is 3.07 Å². The summed E-state index contributed by atoms with van der Waals surface area (Å²) < 4.78 is 6.94. The molecule has 1 saturated heterocycles. The minimum atomic E-state index is -1.06. The summed E-state index contributed by atoms with van der Waals surface area (Å²) in [6.07, 6.45) is 2.77. The molecule has 0 unspecified atom stereocenters. The van der Waals surface area contributed by atoms with Crippen LogP contribution in [0.4, 0.5) is 0 Å². The van der Waals surface area contributed by atoms with Crippen LogP contribution in [0, 0.1) is 0 Å². The standard InChI is InChI=1S/C4H8O.CH3.Sn/c1-2-3-4-5;;/h1-4H2;1H3;/q-1;;+1. The van der Waals surface area contributed by atoms with Crippen molar-refractivity contribution in [1.82, 2.24) is 0 Å². The molecule has 0 aromatic heterocycles. The van der Waals surface area contributed by atoms with E-state index >= 15 is 0 Å². The van der Waals surface area contributed by atoms with E-state index in [0.717, 1.165) is 6.61 Å². The normalized spacial score (nSPS) is 25.3. The number of hydrogen-bond donors (Lipinski definition) is 0. The van der Waals surface area contributed by atoms with E-state index in [9.17, 15) is 0 Å². The summed E-state index contributed by atoms with van der Waals surface area (Å²) in [5, 5.41) is 0. The molecule has 1 heterocycles. The summed E-state index contributed by atoms with van der Waals surface area (Å²) in [5.41, 5.74) is 0. The van der Waals surface area contributed by atoms with Crippen molar-refractivity contribution in [1.29, 1.82) is 0 Å². The molecule has 1 fully saturated rings. The molecule has 0 amide bonds. The van der Waals surface area contributed by atoms with Gasteiger partial charge in [0.15, 0.2) is 0 Å². The van der Waals surface area contributed by atoms with Crippen molar-refractivity contribution < 1.29 is 3.07 Å². The Kier molecular flexibility index (Phi) is 2.46. The van der Waals surface area contributed by atoms with Gasteiger partial charge in [-0.1, -0.05) is 0 Å². The van der Waals surface area contributed by atoms with Gasteiger partial charge in [0.2, 0.25) is 0 Å². The zero-order valence-electron chi connectivity index (χ0n) is 4.74. The molecule has 2 heteroatoms. The van der Waals surface area contributed by atoms with Gasteiger partial charge in [-0.25, -0.2) is 0 Å². The van der Waals surface area contributed by atoms with Gasteiger partial charge in [0.1, 0.15) is 0 Å². The molecule has 1 rings (SSSR count). The Morgan fingerprint density at radius 2 is 2.29 bits per heavy atom. The van der Waals surface area contributed by atoms with E-state index in [4.69, 9.17) is 3.07 Å². The van der Waals surface area contributed by atoms with Crippen molar-refractivity contribution >= 4 is 20.2 Å². The predicted octanol–water partition coefficient (Wildman–Crippen LogP) is 1.42. The molecular weight excluding hydrogens is 195 g/mol. The van der Waals surface area contributed by atoms with Crippen LogP contribution in [0.2, 0.25) is 9.38 Å². The second kappa shape index (κ2) is 2.92. The van der Waals surface area contributed by atoms with Crippen LogP contribution in [0.25, 0.3) is 0 Å². The van der Waals surface area contributed by atoms with Crippen molar-refractivity contribution in [3.8, 4) is 0 Å². The molecule has 1 nitrogen and oxygen atoms in total. The summed E-state index contributed by atoms with van der Waals surface area (Å²) in [6.45, 7) is 1.07. The first-order valence-electron chi connectivity index (χ1n) is 2.85. The third kappa shape index (κ3) is 2.00. The first kappa shape index (κ1) is 5.89. The van der Waals surface area contributed by atoms with Crippen LogP contribution >= 0.6 is 0 Å². The zero-order valence-corrected chi connectivity index (χ0v) is 7.59. The molecule has 1 aliphatic heterocycles. The fraction of sp³-hybridized carbons (Fsp3) is 1.00. The van der Waals surface area contributed by atoms with E-state index in [-0.39, 0.29) is 0 Å². The molecule has 41 valence electrons. The quantitative estimate of drug-likeness (QED) is 0.544. The van der Waals surface area contributed by atoms with E-state index in [0.29, 0.717) is 0 Å². The monoisotopic (exact) mass is 207 g/mol. The zero-order chi connectivity index (χ0) is 5.11. The van der Waals surface area contributed by atoms with Crippen LogP contribution in [0.1, 0.15) is 12.8 Å². The maximum atomic E-state index is 5.47. The van der Waals surface area contributed by atoms with Gasteiger partial charge in [0.05, 0.1) is 0 Å². The van der Waals surface area contributed by atoms with E-state index in [2.05, 4.69) is 4.94 Å². The first-order valence-corrected chi connectivity index (χ1v) is 8.88. The Morgan fingerprint density at radius 3 is 2.57 bits per heavy atom. The third-order valence-corrected chi connectivity index (χ3v) is 6.28. The van der Waals surface area contributed by atoms with Crippen molar-refractivity contribution in [2.45, 2.75) is 22.2 Å². The Balaban J connectivity index is 2.12. The predicted molar refractivity (Wildman–Crippen MR) is 31.6 cm³/mol. The third-order valence-electron chi connectivity index (χ3n) is 1.27. The molecule has 0 bridgehead atoms. The van der Waals surface area contributed by atoms with Gasteiger partial charge >= 0.3 is 52.1 Å². The average molecular weight is 206 g/mol. The van der Waals surface area contributed by atoms with Crippen LogP contribution in [-0.4, -0.2) is 26.8 Å². The summed E-state index contributed by atoms with van der Waals surface area (Å²) in [7, 11) is 0. The summed E-state index contributed by atoms with van der Waals surface area (Å²) in [4.78, 5) is 2.33. The van der Waals surface area contributed by atoms with Crippen molar-refractivity contribution in [2.75, 3.05) is 6.61 Å². The van der Waals surface area contributed by atoms with E-state index in [1.807, 2.05) is 0 Å². The van der Waals surface area contributed by atoms with Crippen LogP contribution in [0.3, 0.4) is 0 Å². The van der Waals surface area contributed by atoms with Gasteiger partial charge in [-0.05, 0) is 0 Å². The Labute approximate surface area is 52.3 Å². The molecule has 1 radical (unpaired) electrons. The van der Waals surface area contributed by atoms with Crippen LogP contribution < -0.4 is 0 Å². The molecule has 0 saturated carbocycles. The molecular formula is C5H11OSn. The van der Waals surface area contributed by atoms with Crippen LogP contribution in [0.5, 0.6) is 0 Å². The first-order chi connectivity index (χ1) is 3.39. The summed E-state index contributed by atoms with van der Waals surface area (Å²) >= 11 is -1.06. The summed E-state index contributed by atoms with van der Waals surface area (Å²) in [5.74, 6) is 0. The van der Waals surface area contributed by atoms with Gasteiger partial charge in [-0.2, -0.15) is 0 Å². The second-order valence-electron chi connectivity index (χ2n) is 2.01. The van der Waals surface area contributed by atoms with Gasteiger partial charge in [-0.15, -0.1) is 0 Å². The SMILES string of the molecule is [CH3][Sn]1[CH2]CCC[O]1. The molecule has 1 aliphatic rings. The fourth-order valence-corrected chi connectivity index (χ4v) is 4.75. The molecule has 0 aromatic carbocycles. The minimum absolute atomic E-state index is 1.06. The Hall–Kier alpha value is 0.759. The van der Waals surface area contributed by atoms with E-state index in [1.165, 1.54) is 17.3 Å². The topological polar surface area (TPSA) is 9.23 Å². The molecule has 0 N–H and O–H groups in total. The number of rotatable bonds is 0. The average Bonchev–Trinajstić information content (AvgIpc) is 1.69. The maximum absolute atomic E-state index is 5.47. The van der Waals surface area contributed by atoms with Crippen molar-refractivity contribution in [3.05, 3.63) is 0 Å². The van der Waals surface area contributed by atoms with Crippen molar-refractivity contribution in [3.63, 3.8) is 0 Å². The van der Waals surface area contributed by atoms with Crippen LogP contribution in [0.15, 0.2) is 0 Å². The Morgan fingerprint density at radius 1 is 1.43 bits per heavy atom. The van der Waals surface area contributed by atoms with Gasteiger partial charge in [0, 0.05) is 0 Å². The van der Waals surface area contributed by atoms with E-state index < -0.39 is 20.2 Å². The summed E-state index contributed by atoms with van der Waals surface area (Å²) in [6, 6.07) is 0. The van der Waals surface area contributed by atoms with Gasteiger partial charge in [0.25, 0.3) is 0 Å². The van der Waals surface area contributed by atoms with Gasteiger partial charge in [-0.3, -0.25) is 0 Å². The van der Waals surface area contributed by atoms with E-state index in [1.54, 1.807) is 0 Å². The van der Waals surface area contributed by atoms with Crippen molar-refractivity contribution in [2.24, 2.45) is 0 Å². The fourth-order valence-electron chi connectivity index (χ4n) is 0.795.